The van der Waals surface area contributed by atoms with Crippen molar-refractivity contribution in [3.8, 4) is 0 Å². The van der Waals surface area contributed by atoms with Gasteiger partial charge in [-0.3, -0.25) is 9.59 Å². The van der Waals surface area contributed by atoms with Crippen LogP contribution < -0.4 is 10.6 Å². The zero-order chi connectivity index (χ0) is 25.9. The summed E-state index contributed by atoms with van der Waals surface area (Å²) in [6.45, 7) is 6.08. The first-order chi connectivity index (χ1) is 16.2. The fraction of sp³-hybridized carbons (Fsp3) is 0.462. The highest BCUT2D eigenvalue weighted by Gasteiger charge is 2.65. The van der Waals surface area contributed by atoms with E-state index in [0.29, 0.717) is 22.7 Å². The molecule has 2 aromatic rings. The Labute approximate surface area is 208 Å². The highest BCUT2D eigenvalue weighted by atomic mass is 35.5. The molecule has 9 heteroatoms. The van der Waals surface area contributed by atoms with Crippen LogP contribution in [0.25, 0.3) is 0 Å². The van der Waals surface area contributed by atoms with E-state index in [9.17, 15) is 22.8 Å². The van der Waals surface area contributed by atoms with Gasteiger partial charge in [0, 0.05) is 36.8 Å². The largest absolute Gasteiger partial charge is 0.416 e. The van der Waals surface area contributed by atoms with E-state index in [1.165, 1.54) is 11.0 Å². The third-order valence-electron chi connectivity index (χ3n) is 6.90. The quantitative estimate of drug-likeness (QED) is 0.600. The number of halogens is 4. The number of nitrogens with zero attached hydrogens (tertiary/aromatic N) is 1. The lowest BCUT2D eigenvalue weighted by Gasteiger charge is -2.38. The molecule has 2 aliphatic rings. The Morgan fingerprint density at radius 3 is 2.40 bits per heavy atom. The molecule has 0 aromatic heterocycles. The summed E-state index contributed by atoms with van der Waals surface area (Å²) in [5.41, 5.74) is -0.956. The summed E-state index contributed by atoms with van der Waals surface area (Å²) in [6, 6.07) is 8.59. The number of hydrogen-bond acceptors (Lipinski definition) is 3. The summed E-state index contributed by atoms with van der Waals surface area (Å²) in [4.78, 5) is 28.8. The van der Waals surface area contributed by atoms with Gasteiger partial charge in [0.2, 0.25) is 11.8 Å². The molecule has 2 heterocycles. The van der Waals surface area contributed by atoms with Crippen molar-refractivity contribution in [1.29, 1.82) is 0 Å². The molecule has 4 rings (SSSR count). The number of anilines is 1. The number of fused-ring (bicyclic) bond motifs is 2. The maximum absolute atomic E-state index is 13.9. The average Bonchev–Trinajstić information content (AvgIpc) is 3.21. The van der Waals surface area contributed by atoms with Crippen molar-refractivity contribution >= 4 is 29.1 Å². The van der Waals surface area contributed by atoms with E-state index in [1.54, 1.807) is 38.4 Å². The first kappa shape index (κ1) is 25.5. The number of amides is 2. The predicted octanol–water partition coefficient (Wildman–Crippen LogP) is 5.20. The van der Waals surface area contributed by atoms with Crippen molar-refractivity contribution in [1.82, 2.24) is 10.2 Å². The summed E-state index contributed by atoms with van der Waals surface area (Å²) in [7, 11) is 3.19. The Kier molecular flexibility index (Phi) is 6.21. The standard InChI is InChI=1S/C26H29ClF3N3O2/c1-24(2,3)13-19-25(17-10-9-16(27)12-18(17)31-23(25)35)20(21(32-19)22(34)33(4)5)14-7-6-8-15(11-14)26(28,29)30/h6-12,19-21,32H,13H2,1-5H3,(H,31,35)/t19-,20+,21-,25+/m1/s1. The average molecular weight is 508 g/mol. The number of nitrogens with one attached hydrogen (secondary N) is 2. The molecule has 2 N–H and O–H groups in total. The molecule has 2 aromatic carbocycles. The topological polar surface area (TPSA) is 61.4 Å². The van der Waals surface area contributed by atoms with Crippen LogP contribution in [-0.2, 0) is 21.2 Å². The highest BCUT2D eigenvalue weighted by molar-refractivity contribution is 6.31. The number of carbonyl (C=O) groups is 2. The molecule has 2 amide bonds. The summed E-state index contributed by atoms with van der Waals surface area (Å²) in [6.07, 6.45) is -4.06. The van der Waals surface area contributed by atoms with Crippen molar-refractivity contribution in [3.05, 3.63) is 64.2 Å². The molecule has 1 spiro atoms. The summed E-state index contributed by atoms with van der Waals surface area (Å²) in [5.74, 6) is -1.54. The maximum atomic E-state index is 13.9. The van der Waals surface area contributed by atoms with Gasteiger partial charge < -0.3 is 15.5 Å². The van der Waals surface area contributed by atoms with E-state index < -0.39 is 35.2 Å². The lowest BCUT2D eigenvalue weighted by molar-refractivity contribution is -0.137. The van der Waals surface area contributed by atoms with Gasteiger partial charge in [-0.2, -0.15) is 13.2 Å². The van der Waals surface area contributed by atoms with Crippen molar-refractivity contribution in [2.75, 3.05) is 19.4 Å². The first-order valence-electron chi connectivity index (χ1n) is 11.4. The van der Waals surface area contributed by atoms with E-state index in [2.05, 4.69) is 10.6 Å². The van der Waals surface area contributed by atoms with Gasteiger partial charge in [-0.1, -0.05) is 56.6 Å². The lowest BCUT2D eigenvalue weighted by atomic mass is 9.62. The molecule has 0 aliphatic carbocycles. The minimum absolute atomic E-state index is 0.242. The van der Waals surface area contributed by atoms with Gasteiger partial charge in [0.25, 0.3) is 0 Å². The molecule has 1 saturated heterocycles. The van der Waals surface area contributed by atoms with Gasteiger partial charge in [-0.05, 0) is 41.2 Å². The van der Waals surface area contributed by atoms with Crippen LogP contribution in [-0.4, -0.2) is 42.9 Å². The fourth-order valence-electron chi connectivity index (χ4n) is 5.60. The maximum Gasteiger partial charge on any atom is 0.416 e. The molecule has 0 saturated carbocycles. The van der Waals surface area contributed by atoms with E-state index in [-0.39, 0.29) is 22.8 Å². The Balaban J connectivity index is 2.02. The Bertz CT molecular complexity index is 1180. The summed E-state index contributed by atoms with van der Waals surface area (Å²) in [5, 5.41) is 6.72. The van der Waals surface area contributed by atoms with Gasteiger partial charge in [-0.15, -0.1) is 0 Å². The minimum Gasteiger partial charge on any atom is -0.347 e. The van der Waals surface area contributed by atoms with Crippen LogP contribution in [0.1, 0.15) is 49.8 Å². The first-order valence-corrected chi connectivity index (χ1v) is 11.8. The molecular weight excluding hydrogens is 479 g/mol. The summed E-state index contributed by atoms with van der Waals surface area (Å²) < 4.78 is 41.0. The second-order valence-corrected chi connectivity index (χ2v) is 11.2. The SMILES string of the molecule is CN(C)C(=O)[C@@H]1N[C@H](CC(C)(C)C)[C@]2(C(=O)Nc3cc(Cl)ccc32)[C@H]1c1cccc(C(F)(F)F)c1. The van der Waals surface area contributed by atoms with E-state index >= 15 is 0 Å². The second kappa shape index (κ2) is 8.52. The van der Waals surface area contributed by atoms with Crippen LogP contribution >= 0.6 is 11.6 Å². The minimum atomic E-state index is -4.57. The number of benzene rings is 2. The van der Waals surface area contributed by atoms with E-state index in [1.807, 2.05) is 20.8 Å². The van der Waals surface area contributed by atoms with Crippen LogP contribution in [0.15, 0.2) is 42.5 Å². The van der Waals surface area contributed by atoms with Gasteiger partial charge in [0.15, 0.2) is 0 Å². The second-order valence-electron chi connectivity index (χ2n) is 10.8. The van der Waals surface area contributed by atoms with Crippen LogP contribution in [0, 0.1) is 5.41 Å². The summed E-state index contributed by atoms with van der Waals surface area (Å²) >= 11 is 6.20. The van der Waals surface area contributed by atoms with Crippen molar-refractivity contribution in [3.63, 3.8) is 0 Å². The molecule has 1 fully saturated rings. The molecule has 5 nitrogen and oxygen atoms in total. The zero-order valence-electron chi connectivity index (χ0n) is 20.3. The predicted molar refractivity (Wildman–Crippen MR) is 129 cm³/mol. The van der Waals surface area contributed by atoms with E-state index in [4.69, 9.17) is 11.6 Å². The van der Waals surface area contributed by atoms with Crippen LogP contribution in [0.2, 0.25) is 5.02 Å². The van der Waals surface area contributed by atoms with Crippen LogP contribution in [0.3, 0.4) is 0 Å². The third-order valence-corrected chi connectivity index (χ3v) is 7.14. The number of hydrogen-bond donors (Lipinski definition) is 2. The molecule has 2 aliphatic heterocycles. The van der Waals surface area contributed by atoms with Gasteiger partial charge in [-0.25, -0.2) is 0 Å². The zero-order valence-corrected chi connectivity index (χ0v) is 21.0. The lowest BCUT2D eigenvalue weighted by Crippen LogP contribution is -2.49. The fourth-order valence-corrected chi connectivity index (χ4v) is 5.77. The molecule has 0 unspecified atom stereocenters. The monoisotopic (exact) mass is 507 g/mol. The van der Waals surface area contributed by atoms with Gasteiger partial charge in [0.05, 0.1) is 11.6 Å². The Hall–Kier alpha value is -2.58. The number of carbonyl (C=O) groups excluding carboxylic acids is 2. The van der Waals surface area contributed by atoms with Crippen molar-refractivity contribution in [2.24, 2.45) is 5.41 Å². The normalized spacial score (nSPS) is 26.1. The Morgan fingerprint density at radius 2 is 1.80 bits per heavy atom. The third kappa shape index (κ3) is 4.31. The van der Waals surface area contributed by atoms with E-state index in [0.717, 1.165) is 12.1 Å². The van der Waals surface area contributed by atoms with Crippen molar-refractivity contribution < 1.29 is 22.8 Å². The smallest absolute Gasteiger partial charge is 0.347 e. The van der Waals surface area contributed by atoms with Crippen molar-refractivity contribution in [2.45, 2.75) is 56.8 Å². The molecule has 0 radical (unpaired) electrons. The molecule has 4 atom stereocenters. The van der Waals surface area contributed by atoms with Gasteiger partial charge in [0.1, 0.15) is 5.41 Å². The highest BCUT2D eigenvalue weighted by Crippen LogP contribution is 2.57. The molecule has 0 bridgehead atoms. The number of likely N-dealkylation sites (N-methyl/N-ethyl adjacent to an activating group) is 1. The molecule has 35 heavy (non-hydrogen) atoms. The van der Waals surface area contributed by atoms with Crippen LogP contribution in [0.5, 0.6) is 0 Å². The Morgan fingerprint density at radius 1 is 1.11 bits per heavy atom. The number of rotatable bonds is 3. The molecule has 188 valence electrons. The number of alkyl halides is 3. The van der Waals surface area contributed by atoms with Crippen LogP contribution in [0.4, 0.5) is 18.9 Å². The van der Waals surface area contributed by atoms with Gasteiger partial charge >= 0.3 is 6.18 Å². The molecular formula is C26H29ClF3N3O2.